The Morgan fingerprint density at radius 2 is 1.75 bits per heavy atom. The van der Waals surface area contributed by atoms with Crippen LogP contribution in [0.5, 0.6) is 5.75 Å². The van der Waals surface area contributed by atoms with Crippen LogP contribution < -0.4 is 10.1 Å². The van der Waals surface area contributed by atoms with E-state index in [1.54, 1.807) is 18.9 Å². The molecule has 0 aliphatic carbocycles. The minimum atomic E-state index is -0.0297. The van der Waals surface area contributed by atoms with Gasteiger partial charge in [-0.1, -0.05) is 18.2 Å². The van der Waals surface area contributed by atoms with E-state index in [-0.39, 0.29) is 17.7 Å². The van der Waals surface area contributed by atoms with Gasteiger partial charge in [0.2, 0.25) is 11.8 Å². The lowest BCUT2D eigenvalue weighted by atomic mass is 9.95. The van der Waals surface area contributed by atoms with Crippen LogP contribution in [-0.2, 0) is 9.59 Å². The summed E-state index contributed by atoms with van der Waals surface area (Å²) in [4.78, 5) is 27.9. The van der Waals surface area contributed by atoms with Crippen molar-refractivity contribution in [2.75, 3.05) is 31.3 Å². The highest BCUT2D eigenvalue weighted by atomic mass is 32.2. The first kappa shape index (κ1) is 20.3. The molecule has 1 aliphatic heterocycles. The number of methoxy groups -OCH3 is 1. The summed E-state index contributed by atoms with van der Waals surface area (Å²) in [5.41, 5.74) is 0.821. The lowest BCUT2D eigenvalue weighted by Crippen LogP contribution is -2.41. The molecule has 0 saturated carbocycles. The first-order chi connectivity index (χ1) is 13.7. The van der Waals surface area contributed by atoms with Gasteiger partial charge < -0.3 is 15.0 Å². The largest absolute Gasteiger partial charge is 0.497 e. The van der Waals surface area contributed by atoms with Gasteiger partial charge in [0.05, 0.1) is 7.11 Å². The predicted octanol–water partition coefficient (Wildman–Crippen LogP) is 4.05. The van der Waals surface area contributed by atoms with Crippen LogP contribution in [0.1, 0.15) is 19.3 Å². The third kappa shape index (κ3) is 5.76. The topological polar surface area (TPSA) is 58.6 Å². The van der Waals surface area contributed by atoms with Gasteiger partial charge in [-0.3, -0.25) is 9.59 Å². The summed E-state index contributed by atoms with van der Waals surface area (Å²) in [5.74, 6) is 1.77. The van der Waals surface area contributed by atoms with Crippen LogP contribution in [0.4, 0.5) is 5.69 Å². The molecule has 1 aliphatic rings. The number of hydrogen-bond donors (Lipinski definition) is 1. The molecule has 1 N–H and O–H groups in total. The summed E-state index contributed by atoms with van der Waals surface area (Å²) < 4.78 is 5.15. The van der Waals surface area contributed by atoms with Crippen molar-refractivity contribution in [2.24, 2.45) is 5.92 Å². The second-order valence-corrected chi connectivity index (χ2v) is 7.95. The fourth-order valence-corrected chi connectivity index (χ4v) is 4.08. The van der Waals surface area contributed by atoms with Gasteiger partial charge in [0.1, 0.15) is 5.75 Å². The Morgan fingerprint density at radius 3 is 2.39 bits per heavy atom. The number of anilines is 1. The number of nitrogens with zero attached hydrogens (tertiary/aromatic N) is 1. The maximum Gasteiger partial charge on any atom is 0.227 e. The van der Waals surface area contributed by atoms with Gasteiger partial charge in [-0.2, -0.15) is 0 Å². The molecule has 148 valence electrons. The number of carbonyl (C=O) groups is 2. The predicted molar refractivity (Wildman–Crippen MR) is 113 cm³/mol. The summed E-state index contributed by atoms with van der Waals surface area (Å²) in [6.07, 6.45) is 1.95. The highest BCUT2D eigenvalue weighted by molar-refractivity contribution is 7.99. The summed E-state index contributed by atoms with van der Waals surface area (Å²) in [5, 5.41) is 2.96. The number of nitrogens with one attached hydrogen (secondary N) is 1. The van der Waals surface area contributed by atoms with Crippen molar-refractivity contribution in [2.45, 2.75) is 24.2 Å². The quantitative estimate of drug-likeness (QED) is 0.715. The highest BCUT2D eigenvalue weighted by Gasteiger charge is 2.27. The molecule has 1 heterocycles. The van der Waals surface area contributed by atoms with Gasteiger partial charge in [0.25, 0.3) is 0 Å². The summed E-state index contributed by atoms with van der Waals surface area (Å²) in [6, 6.07) is 17.4. The molecule has 0 radical (unpaired) electrons. The fraction of sp³-hybridized carbons (Fsp3) is 0.364. The van der Waals surface area contributed by atoms with Crippen molar-refractivity contribution in [1.82, 2.24) is 4.90 Å². The Kier molecular flexibility index (Phi) is 7.37. The number of hydrogen-bond acceptors (Lipinski definition) is 4. The average molecular weight is 399 g/mol. The molecule has 1 fully saturated rings. The Morgan fingerprint density at radius 1 is 1.07 bits per heavy atom. The second kappa shape index (κ2) is 10.2. The number of thioether (sulfide) groups is 1. The smallest absolute Gasteiger partial charge is 0.227 e. The number of piperidine rings is 1. The summed E-state index contributed by atoms with van der Waals surface area (Å²) in [7, 11) is 1.65. The van der Waals surface area contributed by atoms with E-state index in [2.05, 4.69) is 5.32 Å². The number of carbonyl (C=O) groups excluding carboxylic acids is 2. The van der Waals surface area contributed by atoms with Crippen molar-refractivity contribution in [1.29, 1.82) is 0 Å². The van der Waals surface area contributed by atoms with E-state index in [0.717, 1.165) is 34.9 Å². The highest BCUT2D eigenvalue weighted by Crippen LogP contribution is 2.23. The molecule has 6 heteroatoms. The van der Waals surface area contributed by atoms with E-state index in [9.17, 15) is 9.59 Å². The first-order valence-corrected chi connectivity index (χ1v) is 10.5. The monoisotopic (exact) mass is 398 g/mol. The van der Waals surface area contributed by atoms with Crippen molar-refractivity contribution in [3.8, 4) is 5.75 Å². The Balaban J connectivity index is 1.37. The molecule has 0 atom stereocenters. The SMILES string of the molecule is COc1ccc(SCCC(=O)N2CCC(C(=O)Nc3ccccc3)CC2)cc1. The summed E-state index contributed by atoms with van der Waals surface area (Å²) in [6.45, 7) is 1.30. The molecular weight excluding hydrogens is 372 g/mol. The van der Waals surface area contributed by atoms with E-state index in [0.29, 0.717) is 19.5 Å². The van der Waals surface area contributed by atoms with Crippen molar-refractivity contribution in [3.05, 3.63) is 54.6 Å². The van der Waals surface area contributed by atoms with Crippen LogP contribution in [0.15, 0.2) is 59.5 Å². The molecule has 2 aromatic rings. The van der Waals surface area contributed by atoms with Crippen molar-refractivity contribution < 1.29 is 14.3 Å². The fourth-order valence-electron chi connectivity index (χ4n) is 3.24. The minimum absolute atomic E-state index is 0.0297. The van der Waals surface area contributed by atoms with Gasteiger partial charge in [-0.05, 0) is 49.2 Å². The van der Waals surface area contributed by atoms with E-state index < -0.39 is 0 Å². The molecule has 5 nitrogen and oxygen atoms in total. The molecule has 0 aromatic heterocycles. The summed E-state index contributed by atoms with van der Waals surface area (Å²) >= 11 is 1.67. The standard InChI is InChI=1S/C22H26N2O3S/c1-27-19-7-9-20(10-8-19)28-16-13-21(25)24-14-11-17(12-15-24)22(26)23-18-5-3-2-4-6-18/h2-10,17H,11-16H2,1H3,(H,23,26). The van der Waals surface area contributed by atoms with Gasteiger partial charge in [0, 0.05) is 41.8 Å². The molecule has 2 aromatic carbocycles. The Hall–Kier alpha value is -2.47. The zero-order chi connectivity index (χ0) is 19.8. The number of likely N-dealkylation sites (tertiary alicyclic amines) is 1. The number of para-hydroxylation sites is 1. The first-order valence-electron chi connectivity index (χ1n) is 9.56. The third-order valence-corrected chi connectivity index (χ3v) is 5.92. The van der Waals surface area contributed by atoms with Crippen LogP contribution in [0.2, 0.25) is 0 Å². The van der Waals surface area contributed by atoms with Crippen LogP contribution >= 0.6 is 11.8 Å². The Labute approximate surface area is 170 Å². The third-order valence-electron chi connectivity index (χ3n) is 4.90. The molecule has 28 heavy (non-hydrogen) atoms. The molecular formula is C22H26N2O3S. The molecule has 0 unspecified atom stereocenters. The second-order valence-electron chi connectivity index (χ2n) is 6.78. The number of rotatable bonds is 7. The lowest BCUT2D eigenvalue weighted by molar-refractivity contribution is -0.134. The molecule has 0 bridgehead atoms. The van der Waals surface area contributed by atoms with E-state index >= 15 is 0 Å². The zero-order valence-electron chi connectivity index (χ0n) is 16.1. The molecule has 3 rings (SSSR count). The van der Waals surface area contributed by atoms with Gasteiger partial charge in [-0.25, -0.2) is 0 Å². The number of amides is 2. The number of ether oxygens (including phenoxy) is 1. The maximum atomic E-state index is 12.4. The average Bonchev–Trinajstić information content (AvgIpc) is 2.75. The lowest BCUT2D eigenvalue weighted by Gasteiger charge is -2.31. The van der Waals surface area contributed by atoms with E-state index in [4.69, 9.17) is 4.74 Å². The van der Waals surface area contributed by atoms with Crippen molar-refractivity contribution in [3.63, 3.8) is 0 Å². The zero-order valence-corrected chi connectivity index (χ0v) is 16.9. The van der Waals surface area contributed by atoms with Crippen LogP contribution in [-0.4, -0.2) is 42.7 Å². The number of benzene rings is 2. The molecule has 0 spiro atoms. The van der Waals surface area contributed by atoms with Crippen LogP contribution in [0, 0.1) is 5.92 Å². The normalized spacial score (nSPS) is 14.5. The molecule has 2 amide bonds. The van der Waals surface area contributed by atoms with E-state index in [1.165, 1.54) is 0 Å². The molecule has 1 saturated heterocycles. The van der Waals surface area contributed by atoms with Crippen molar-refractivity contribution >= 4 is 29.3 Å². The minimum Gasteiger partial charge on any atom is -0.497 e. The Bertz CT molecular complexity index is 772. The van der Waals surface area contributed by atoms with Gasteiger partial charge in [-0.15, -0.1) is 11.8 Å². The van der Waals surface area contributed by atoms with Crippen LogP contribution in [0.25, 0.3) is 0 Å². The van der Waals surface area contributed by atoms with Crippen LogP contribution in [0.3, 0.4) is 0 Å². The van der Waals surface area contributed by atoms with Gasteiger partial charge in [0.15, 0.2) is 0 Å². The van der Waals surface area contributed by atoms with Gasteiger partial charge >= 0.3 is 0 Å². The maximum absolute atomic E-state index is 12.4. The van der Waals surface area contributed by atoms with E-state index in [1.807, 2.05) is 59.5 Å².